The van der Waals surface area contributed by atoms with E-state index < -0.39 is 23.8 Å². The van der Waals surface area contributed by atoms with Crippen LogP contribution in [0.1, 0.15) is 84.2 Å². The minimum absolute atomic E-state index is 0.00745. The van der Waals surface area contributed by atoms with Crippen LogP contribution in [0.25, 0.3) is 5.57 Å². The zero-order valence-corrected chi connectivity index (χ0v) is 26.0. The van der Waals surface area contributed by atoms with Crippen LogP contribution in [-0.4, -0.2) is 81.8 Å². The monoisotopic (exact) mass is 615 g/mol. The fourth-order valence-electron chi connectivity index (χ4n) is 7.75. The lowest BCUT2D eigenvalue weighted by Gasteiger charge is -2.43. The number of piperazine rings is 1. The van der Waals surface area contributed by atoms with Gasteiger partial charge in [0.25, 0.3) is 11.8 Å². The van der Waals surface area contributed by atoms with Gasteiger partial charge in [-0.3, -0.25) is 29.5 Å². The van der Waals surface area contributed by atoms with E-state index in [1.807, 2.05) is 18.2 Å². The lowest BCUT2D eigenvalue weighted by atomic mass is 9.72. The number of benzene rings is 2. The summed E-state index contributed by atoms with van der Waals surface area (Å²) in [6.07, 6.45) is 5.73. The zero-order valence-electron chi connectivity index (χ0n) is 25.3. The smallest absolute Gasteiger partial charge is 0.296 e. The number of halogens is 1. The van der Waals surface area contributed by atoms with Gasteiger partial charge in [-0.15, -0.1) is 0 Å². The van der Waals surface area contributed by atoms with Crippen molar-refractivity contribution in [1.29, 1.82) is 0 Å². The number of carbonyl (C=O) groups is 4. The molecular formula is C34H38ClN5O4. The van der Waals surface area contributed by atoms with E-state index in [9.17, 15) is 19.2 Å². The third-order valence-electron chi connectivity index (χ3n) is 10.1. The summed E-state index contributed by atoms with van der Waals surface area (Å²) in [4.78, 5) is 55.5. The molecule has 7 rings (SSSR count). The van der Waals surface area contributed by atoms with Gasteiger partial charge in [-0.05, 0) is 78.5 Å². The van der Waals surface area contributed by atoms with Crippen molar-refractivity contribution >= 4 is 40.9 Å². The van der Waals surface area contributed by atoms with Crippen LogP contribution in [0.3, 0.4) is 0 Å². The average Bonchev–Trinajstić information content (AvgIpc) is 3.36. The van der Waals surface area contributed by atoms with E-state index in [0.717, 1.165) is 65.9 Å². The Morgan fingerprint density at radius 3 is 2.30 bits per heavy atom. The SMILES string of the molecule is CC1(C)CCC(CN2CC3CCC(C2)N3Cc2ccc3c(c2)C(=O)N(N2CCC(=O)NC2=O)C3=O)=C(c2ccc(Cl)cc2)C1. The largest absolute Gasteiger partial charge is 0.343 e. The zero-order chi connectivity index (χ0) is 30.7. The number of hydrazine groups is 1. The van der Waals surface area contributed by atoms with Crippen molar-refractivity contribution in [2.75, 3.05) is 26.2 Å². The molecule has 2 aromatic carbocycles. The molecule has 0 radical (unpaired) electrons. The summed E-state index contributed by atoms with van der Waals surface area (Å²) in [5.41, 5.74) is 6.19. The van der Waals surface area contributed by atoms with Crippen molar-refractivity contribution in [2.45, 2.75) is 71.0 Å². The number of urea groups is 1. The molecule has 230 valence electrons. The van der Waals surface area contributed by atoms with E-state index >= 15 is 0 Å². The molecule has 10 heteroatoms. The molecule has 0 saturated carbocycles. The number of likely N-dealkylation sites (tertiary alicyclic amines) is 1. The number of fused-ring (bicyclic) bond motifs is 3. The highest BCUT2D eigenvalue weighted by Crippen LogP contribution is 2.44. The normalized spacial score (nSPS) is 25.6. The summed E-state index contributed by atoms with van der Waals surface area (Å²) >= 11 is 6.21. The lowest BCUT2D eigenvalue weighted by molar-refractivity contribution is -0.122. The first-order chi connectivity index (χ1) is 21.1. The van der Waals surface area contributed by atoms with Crippen LogP contribution >= 0.6 is 11.6 Å². The van der Waals surface area contributed by atoms with Crippen LogP contribution < -0.4 is 5.32 Å². The fraction of sp³-hybridized carbons (Fsp3) is 0.471. The van der Waals surface area contributed by atoms with Crippen LogP contribution in [0.4, 0.5) is 4.79 Å². The molecule has 1 N–H and O–H groups in total. The number of nitrogens with one attached hydrogen (secondary N) is 1. The van der Waals surface area contributed by atoms with Crippen molar-refractivity contribution in [3.63, 3.8) is 0 Å². The Balaban J connectivity index is 1.05. The Hall–Kier alpha value is -3.53. The Morgan fingerprint density at radius 2 is 1.59 bits per heavy atom. The summed E-state index contributed by atoms with van der Waals surface area (Å²) in [6, 6.07) is 13.9. The summed E-state index contributed by atoms with van der Waals surface area (Å²) in [6.45, 7) is 8.45. The van der Waals surface area contributed by atoms with Gasteiger partial charge in [-0.2, -0.15) is 5.01 Å². The van der Waals surface area contributed by atoms with Gasteiger partial charge >= 0.3 is 6.03 Å². The van der Waals surface area contributed by atoms with Gasteiger partial charge in [-0.25, -0.2) is 9.80 Å². The molecule has 2 aromatic rings. The van der Waals surface area contributed by atoms with Crippen molar-refractivity contribution < 1.29 is 19.2 Å². The quantitative estimate of drug-likeness (QED) is 0.454. The van der Waals surface area contributed by atoms with Crippen molar-refractivity contribution in [3.05, 3.63) is 75.3 Å². The van der Waals surface area contributed by atoms with Gasteiger partial charge in [0, 0.05) is 49.7 Å². The van der Waals surface area contributed by atoms with Gasteiger partial charge in [0.1, 0.15) is 0 Å². The molecule has 3 saturated heterocycles. The van der Waals surface area contributed by atoms with Crippen LogP contribution in [0.5, 0.6) is 0 Å². The predicted octanol–water partition coefficient (Wildman–Crippen LogP) is 5.11. The van der Waals surface area contributed by atoms with Gasteiger partial charge in [-0.1, -0.05) is 49.2 Å². The highest BCUT2D eigenvalue weighted by Gasteiger charge is 2.44. The minimum atomic E-state index is -0.751. The first-order valence-corrected chi connectivity index (χ1v) is 16.0. The minimum Gasteiger partial charge on any atom is -0.296 e. The molecule has 44 heavy (non-hydrogen) atoms. The number of rotatable bonds is 6. The summed E-state index contributed by atoms with van der Waals surface area (Å²) in [5, 5.41) is 4.86. The molecule has 5 amide bonds. The van der Waals surface area contributed by atoms with Crippen LogP contribution in [0.2, 0.25) is 5.02 Å². The number of hydrogen-bond acceptors (Lipinski definition) is 6. The van der Waals surface area contributed by atoms with E-state index in [4.69, 9.17) is 11.6 Å². The summed E-state index contributed by atoms with van der Waals surface area (Å²) in [5.74, 6) is -1.47. The van der Waals surface area contributed by atoms with Crippen LogP contribution in [-0.2, 0) is 11.3 Å². The summed E-state index contributed by atoms with van der Waals surface area (Å²) < 4.78 is 0. The molecule has 5 aliphatic rings. The first-order valence-electron chi connectivity index (χ1n) is 15.6. The maximum atomic E-state index is 13.3. The first kappa shape index (κ1) is 29.2. The molecule has 1 aliphatic carbocycles. The molecule has 4 aliphatic heterocycles. The number of allylic oxidation sites excluding steroid dienone is 1. The third kappa shape index (κ3) is 5.35. The Labute approximate surface area is 262 Å². The third-order valence-corrected chi connectivity index (χ3v) is 10.3. The molecule has 2 unspecified atom stereocenters. The van der Waals surface area contributed by atoms with Crippen LogP contribution in [0.15, 0.2) is 48.0 Å². The Morgan fingerprint density at radius 1 is 0.886 bits per heavy atom. The maximum Gasteiger partial charge on any atom is 0.343 e. The van der Waals surface area contributed by atoms with Crippen molar-refractivity contribution in [1.82, 2.24) is 25.1 Å². The van der Waals surface area contributed by atoms with E-state index in [1.54, 1.807) is 17.7 Å². The predicted molar refractivity (Wildman–Crippen MR) is 167 cm³/mol. The molecule has 2 bridgehead atoms. The van der Waals surface area contributed by atoms with E-state index in [1.165, 1.54) is 17.6 Å². The standard InChI is InChI=1S/C34H38ClN5O4/c1-34(2)13-11-23(29(16-34)22-4-6-24(35)7-5-22)18-37-19-25-8-9-26(20-37)38(25)17-21-3-10-27-28(15-21)32(43)40(31(27)42)39-14-12-30(41)36-33(39)44/h3-7,10,15,25-26H,8-9,11-14,16-20H2,1-2H3,(H,36,41,44). The number of carbonyl (C=O) groups excluding carboxylic acids is 4. The molecule has 4 heterocycles. The van der Waals surface area contributed by atoms with Crippen molar-refractivity contribution in [2.24, 2.45) is 5.41 Å². The lowest BCUT2D eigenvalue weighted by Crippen LogP contribution is -2.58. The van der Waals surface area contributed by atoms with Gasteiger partial charge < -0.3 is 0 Å². The highest BCUT2D eigenvalue weighted by atomic mass is 35.5. The number of hydrogen-bond donors (Lipinski definition) is 1. The Bertz CT molecular complexity index is 1570. The van der Waals surface area contributed by atoms with E-state index in [2.05, 4.69) is 41.1 Å². The average molecular weight is 616 g/mol. The van der Waals surface area contributed by atoms with Crippen molar-refractivity contribution in [3.8, 4) is 0 Å². The number of amides is 5. The topological polar surface area (TPSA) is 93.3 Å². The second-order valence-electron chi connectivity index (χ2n) is 13.7. The highest BCUT2D eigenvalue weighted by molar-refractivity contribution is 6.30. The molecule has 0 aromatic heterocycles. The van der Waals surface area contributed by atoms with E-state index in [-0.39, 0.29) is 23.9 Å². The van der Waals surface area contributed by atoms with Crippen LogP contribution in [0, 0.1) is 5.41 Å². The maximum absolute atomic E-state index is 13.3. The Kier molecular flexibility index (Phi) is 7.38. The van der Waals surface area contributed by atoms with Gasteiger partial charge in [0.2, 0.25) is 5.91 Å². The molecular weight excluding hydrogens is 578 g/mol. The second kappa shape index (κ2) is 11.1. The fourth-order valence-corrected chi connectivity index (χ4v) is 7.87. The van der Waals surface area contributed by atoms with Gasteiger partial charge in [0.15, 0.2) is 0 Å². The number of nitrogens with zero attached hydrogens (tertiary/aromatic N) is 4. The molecule has 2 atom stereocenters. The molecule has 3 fully saturated rings. The van der Waals surface area contributed by atoms with E-state index in [0.29, 0.717) is 24.2 Å². The molecule has 0 spiro atoms. The second-order valence-corrected chi connectivity index (χ2v) is 14.1. The summed E-state index contributed by atoms with van der Waals surface area (Å²) in [7, 11) is 0. The number of imide groups is 2. The van der Waals surface area contributed by atoms with Gasteiger partial charge in [0.05, 0.1) is 17.7 Å². The molecule has 9 nitrogen and oxygen atoms in total.